The molecule has 2 aromatic carbocycles. The van der Waals surface area contributed by atoms with Crippen LogP contribution in [0.1, 0.15) is 26.4 Å². The Morgan fingerprint density at radius 3 is 2.53 bits per heavy atom. The van der Waals surface area contributed by atoms with Crippen molar-refractivity contribution in [3.8, 4) is 6.07 Å². The van der Waals surface area contributed by atoms with Crippen LogP contribution >= 0.6 is 11.3 Å². The third-order valence-corrected chi connectivity index (χ3v) is 7.49. The van der Waals surface area contributed by atoms with Gasteiger partial charge in [-0.2, -0.15) is 5.26 Å². The van der Waals surface area contributed by atoms with Crippen LogP contribution < -0.4 is 5.32 Å². The minimum Gasteiger partial charge on any atom is -0.361 e. The van der Waals surface area contributed by atoms with Crippen molar-refractivity contribution >= 4 is 34.1 Å². The molecule has 0 spiro atoms. The maximum absolute atomic E-state index is 13.7. The zero-order chi connectivity index (χ0) is 24.9. The van der Waals surface area contributed by atoms with Crippen molar-refractivity contribution < 1.29 is 9.59 Å². The number of fused-ring (bicyclic) bond motifs is 1. The summed E-state index contributed by atoms with van der Waals surface area (Å²) in [6.45, 7) is 3.50. The summed E-state index contributed by atoms with van der Waals surface area (Å²) in [7, 11) is 0. The number of H-pyrrole nitrogens is 1. The van der Waals surface area contributed by atoms with Gasteiger partial charge in [0.2, 0.25) is 5.91 Å². The Hall–Kier alpha value is -3.93. The van der Waals surface area contributed by atoms with Crippen molar-refractivity contribution in [3.05, 3.63) is 93.8 Å². The van der Waals surface area contributed by atoms with E-state index in [9.17, 15) is 9.59 Å². The van der Waals surface area contributed by atoms with Crippen molar-refractivity contribution in [3.63, 3.8) is 0 Å². The summed E-state index contributed by atoms with van der Waals surface area (Å²) >= 11 is 1.37. The molecular formula is C28H27N5O2S. The van der Waals surface area contributed by atoms with Crippen molar-refractivity contribution in [1.29, 1.82) is 5.26 Å². The van der Waals surface area contributed by atoms with E-state index >= 15 is 0 Å². The maximum atomic E-state index is 13.7. The van der Waals surface area contributed by atoms with Gasteiger partial charge in [-0.05, 0) is 40.8 Å². The molecule has 1 aliphatic rings. The van der Waals surface area contributed by atoms with Crippen LogP contribution in [0.2, 0.25) is 0 Å². The largest absolute Gasteiger partial charge is 0.361 e. The highest BCUT2D eigenvalue weighted by atomic mass is 32.1. The van der Waals surface area contributed by atoms with Crippen LogP contribution in [0, 0.1) is 11.3 Å². The number of rotatable bonds is 7. The second-order valence-electron chi connectivity index (χ2n) is 8.98. The van der Waals surface area contributed by atoms with Gasteiger partial charge in [0.25, 0.3) is 5.91 Å². The minimum atomic E-state index is -0.649. The second kappa shape index (κ2) is 10.8. The molecule has 8 heteroatoms. The second-order valence-corrected chi connectivity index (χ2v) is 9.92. The first-order chi connectivity index (χ1) is 17.6. The Morgan fingerprint density at radius 1 is 1.03 bits per heavy atom. The molecule has 5 rings (SSSR count). The predicted octanol–water partition coefficient (Wildman–Crippen LogP) is 3.79. The molecule has 1 atom stereocenters. The Balaban J connectivity index is 1.27. The molecule has 2 amide bonds. The minimum absolute atomic E-state index is 0.0526. The molecule has 3 heterocycles. The van der Waals surface area contributed by atoms with Gasteiger partial charge in [0, 0.05) is 56.2 Å². The van der Waals surface area contributed by atoms with E-state index in [-0.39, 0.29) is 11.8 Å². The zero-order valence-electron chi connectivity index (χ0n) is 19.8. The Labute approximate surface area is 214 Å². The van der Waals surface area contributed by atoms with E-state index in [4.69, 9.17) is 5.26 Å². The topological polar surface area (TPSA) is 92.2 Å². The van der Waals surface area contributed by atoms with Gasteiger partial charge in [0.15, 0.2) is 0 Å². The van der Waals surface area contributed by atoms with Crippen LogP contribution in [0.15, 0.2) is 72.2 Å². The van der Waals surface area contributed by atoms with E-state index in [0.29, 0.717) is 30.0 Å². The number of nitrogens with zero attached hydrogens (tertiary/aromatic N) is 3. The number of carbonyl (C=O) groups excluding carboxylic acids is 2. The smallest absolute Gasteiger partial charge is 0.262 e. The molecule has 1 aliphatic heterocycles. The summed E-state index contributed by atoms with van der Waals surface area (Å²) in [4.78, 5) is 34.6. The van der Waals surface area contributed by atoms with E-state index in [1.807, 2.05) is 71.1 Å². The summed E-state index contributed by atoms with van der Waals surface area (Å²) in [6.07, 6.45) is 2.35. The van der Waals surface area contributed by atoms with Crippen molar-refractivity contribution in [2.24, 2.45) is 0 Å². The van der Waals surface area contributed by atoms with Crippen LogP contribution in [0.3, 0.4) is 0 Å². The van der Waals surface area contributed by atoms with Crippen LogP contribution in [-0.4, -0.2) is 58.8 Å². The van der Waals surface area contributed by atoms with E-state index in [0.717, 1.165) is 41.7 Å². The summed E-state index contributed by atoms with van der Waals surface area (Å²) in [5, 5.41) is 14.9. The lowest BCUT2D eigenvalue weighted by atomic mass is 10.0. The summed E-state index contributed by atoms with van der Waals surface area (Å²) in [5.41, 5.74) is 3.82. The fraction of sp³-hybridized carbons (Fsp3) is 0.250. The monoisotopic (exact) mass is 497 g/mol. The van der Waals surface area contributed by atoms with E-state index in [2.05, 4.69) is 21.3 Å². The average molecular weight is 498 g/mol. The van der Waals surface area contributed by atoms with Gasteiger partial charge in [-0.3, -0.25) is 14.5 Å². The third kappa shape index (κ3) is 5.33. The number of thiophene rings is 1. The molecule has 1 fully saturated rings. The molecule has 0 saturated carbocycles. The molecule has 7 nitrogen and oxygen atoms in total. The van der Waals surface area contributed by atoms with Gasteiger partial charge in [-0.1, -0.05) is 36.4 Å². The number of benzene rings is 2. The molecule has 0 aliphatic carbocycles. The van der Waals surface area contributed by atoms with E-state index < -0.39 is 6.04 Å². The Kier molecular flexibility index (Phi) is 7.12. The SMILES string of the molecule is N#Cc1ccc(CN2CCN(C(=O)[C@H](Cc3c[nH]c4ccccc34)NC(=O)c3cccs3)CC2)cc1. The molecular weight excluding hydrogens is 470 g/mol. The number of carbonyl (C=O) groups is 2. The lowest BCUT2D eigenvalue weighted by Crippen LogP contribution is -2.55. The lowest BCUT2D eigenvalue weighted by Gasteiger charge is -2.36. The van der Waals surface area contributed by atoms with Gasteiger partial charge in [-0.25, -0.2) is 0 Å². The highest BCUT2D eigenvalue weighted by molar-refractivity contribution is 7.12. The number of amides is 2. The number of nitriles is 1. The first kappa shape index (κ1) is 23.8. The normalized spacial score (nSPS) is 14.9. The number of hydrogen-bond donors (Lipinski definition) is 2. The van der Waals surface area contributed by atoms with Gasteiger partial charge in [-0.15, -0.1) is 11.3 Å². The molecule has 4 aromatic rings. The van der Waals surface area contributed by atoms with Crippen LogP contribution in [-0.2, 0) is 17.8 Å². The molecule has 182 valence electrons. The Morgan fingerprint density at radius 2 is 1.81 bits per heavy atom. The number of aromatic nitrogens is 1. The third-order valence-electron chi connectivity index (χ3n) is 6.62. The van der Waals surface area contributed by atoms with E-state index in [1.165, 1.54) is 11.3 Å². The summed E-state index contributed by atoms with van der Waals surface area (Å²) < 4.78 is 0. The molecule has 0 unspecified atom stereocenters. The molecule has 1 saturated heterocycles. The van der Waals surface area contributed by atoms with Crippen LogP contribution in [0.5, 0.6) is 0 Å². The highest BCUT2D eigenvalue weighted by Gasteiger charge is 2.30. The van der Waals surface area contributed by atoms with Crippen LogP contribution in [0.4, 0.5) is 0 Å². The number of para-hydroxylation sites is 1. The summed E-state index contributed by atoms with van der Waals surface area (Å²) in [5.74, 6) is -0.272. The first-order valence-electron chi connectivity index (χ1n) is 12.0. The molecule has 0 radical (unpaired) electrons. The number of aromatic amines is 1. The van der Waals surface area contributed by atoms with Crippen molar-refractivity contribution in [2.45, 2.75) is 19.0 Å². The first-order valence-corrected chi connectivity index (χ1v) is 12.9. The average Bonchev–Trinajstić information content (AvgIpc) is 3.60. The van der Waals surface area contributed by atoms with Gasteiger partial charge >= 0.3 is 0 Å². The number of piperazine rings is 1. The van der Waals surface area contributed by atoms with Gasteiger partial charge in [0.05, 0.1) is 16.5 Å². The molecule has 0 bridgehead atoms. The van der Waals surface area contributed by atoms with Crippen LogP contribution in [0.25, 0.3) is 10.9 Å². The molecule has 2 N–H and O–H groups in total. The standard InChI is InChI=1S/C28H27N5O2S/c29-17-20-7-9-21(10-8-20)19-32-11-13-33(14-12-32)28(35)25(31-27(34)26-6-3-15-36-26)16-22-18-30-24-5-2-1-4-23(22)24/h1-10,15,18,25,30H,11-14,16,19H2,(H,31,34)/t25-/m0/s1. The predicted molar refractivity (Wildman–Crippen MR) is 141 cm³/mol. The van der Waals surface area contributed by atoms with E-state index in [1.54, 1.807) is 6.07 Å². The molecule has 36 heavy (non-hydrogen) atoms. The molecule has 2 aromatic heterocycles. The van der Waals surface area contributed by atoms with Gasteiger partial charge < -0.3 is 15.2 Å². The zero-order valence-corrected chi connectivity index (χ0v) is 20.6. The fourth-order valence-corrected chi connectivity index (χ4v) is 5.27. The van der Waals surface area contributed by atoms with Crippen molar-refractivity contribution in [1.82, 2.24) is 20.1 Å². The number of hydrogen-bond acceptors (Lipinski definition) is 5. The highest BCUT2D eigenvalue weighted by Crippen LogP contribution is 2.21. The maximum Gasteiger partial charge on any atom is 0.262 e. The number of nitrogens with one attached hydrogen (secondary N) is 2. The Bertz CT molecular complexity index is 1380. The quantitative estimate of drug-likeness (QED) is 0.406. The fourth-order valence-electron chi connectivity index (χ4n) is 4.65. The lowest BCUT2D eigenvalue weighted by molar-refractivity contribution is -0.135. The van der Waals surface area contributed by atoms with Gasteiger partial charge in [0.1, 0.15) is 6.04 Å². The van der Waals surface area contributed by atoms with Crippen molar-refractivity contribution in [2.75, 3.05) is 26.2 Å². The summed E-state index contributed by atoms with van der Waals surface area (Å²) in [6, 6.07) is 20.7.